The van der Waals surface area contributed by atoms with Crippen LogP contribution >= 0.6 is 0 Å². The van der Waals surface area contributed by atoms with Crippen LogP contribution in [0, 0.1) is 0 Å². The third-order valence-electron chi connectivity index (χ3n) is 5.00. The summed E-state index contributed by atoms with van der Waals surface area (Å²) in [5.41, 5.74) is 2.08. The predicted octanol–water partition coefficient (Wildman–Crippen LogP) is 0.489. The van der Waals surface area contributed by atoms with Crippen molar-refractivity contribution in [1.29, 1.82) is 0 Å². The molecule has 2 aromatic rings. The smallest absolute Gasteiger partial charge is 0.312 e. The summed E-state index contributed by atoms with van der Waals surface area (Å²) in [6, 6.07) is 7.39. The Hall–Kier alpha value is -2.39. The minimum Gasteiger partial charge on any atom is -0.383 e. The van der Waals surface area contributed by atoms with Crippen molar-refractivity contribution in [1.82, 2.24) is 15.2 Å². The van der Waals surface area contributed by atoms with Crippen LogP contribution in [-0.4, -0.2) is 74.5 Å². The van der Waals surface area contributed by atoms with Gasteiger partial charge in [0.1, 0.15) is 0 Å². The van der Waals surface area contributed by atoms with Crippen molar-refractivity contribution >= 4 is 32.6 Å². The van der Waals surface area contributed by atoms with Crippen LogP contribution in [0.2, 0.25) is 0 Å². The number of amides is 2. The first kappa shape index (κ1) is 20.3. The van der Waals surface area contributed by atoms with Gasteiger partial charge in [0.2, 0.25) is 0 Å². The van der Waals surface area contributed by atoms with Gasteiger partial charge in [-0.2, -0.15) is 0 Å². The Balaban J connectivity index is 1.58. The van der Waals surface area contributed by atoms with Gasteiger partial charge in [0, 0.05) is 43.3 Å². The SMILES string of the molecule is COCCN(C(=O)C(=O)NCCc1c[nH]c2ccccc12)C1CCS(=O)(=O)C1. The van der Waals surface area contributed by atoms with E-state index in [1.807, 2.05) is 30.5 Å². The van der Waals surface area contributed by atoms with Gasteiger partial charge in [-0.3, -0.25) is 9.59 Å². The number of benzene rings is 1. The average Bonchev–Trinajstić information content (AvgIpc) is 3.25. The Labute approximate surface area is 164 Å². The molecule has 1 unspecified atom stereocenters. The standard InChI is InChI=1S/C19H25N3O5S/c1-27-10-9-22(15-7-11-28(25,26)13-15)19(24)18(23)20-8-6-14-12-21-17-5-3-2-4-16(14)17/h2-5,12,15,21H,6-11,13H2,1H3,(H,20,23). The van der Waals surface area contributed by atoms with Gasteiger partial charge < -0.3 is 19.9 Å². The molecule has 2 heterocycles. The second kappa shape index (κ2) is 8.74. The minimum absolute atomic E-state index is 0.0383. The number of hydrogen-bond donors (Lipinski definition) is 2. The van der Waals surface area contributed by atoms with Crippen molar-refractivity contribution in [2.24, 2.45) is 0 Å². The van der Waals surface area contributed by atoms with Gasteiger partial charge in [-0.25, -0.2) is 8.42 Å². The fraction of sp³-hybridized carbons (Fsp3) is 0.474. The van der Waals surface area contributed by atoms with Gasteiger partial charge >= 0.3 is 11.8 Å². The molecule has 152 valence electrons. The fourth-order valence-corrected chi connectivity index (χ4v) is 5.25. The Kier molecular flexibility index (Phi) is 6.35. The summed E-state index contributed by atoms with van der Waals surface area (Å²) in [6.07, 6.45) is 2.83. The van der Waals surface area contributed by atoms with E-state index in [4.69, 9.17) is 4.74 Å². The van der Waals surface area contributed by atoms with Gasteiger partial charge in [-0.15, -0.1) is 0 Å². The number of para-hydroxylation sites is 1. The van der Waals surface area contributed by atoms with Crippen LogP contribution in [-0.2, 0) is 30.6 Å². The summed E-state index contributed by atoms with van der Waals surface area (Å²) in [5.74, 6) is -1.50. The summed E-state index contributed by atoms with van der Waals surface area (Å²) in [6.45, 7) is 0.740. The number of carbonyl (C=O) groups excluding carboxylic acids is 2. The molecule has 8 nitrogen and oxygen atoms in total. The van der Waals surface area contributed by atoms with E-state index >= 15 is 0 Å². The molecule has 2 amide bonds. The van der Waals surface area contributed by atoms with E-state index in [1.165, 1.54) is 12.0 Å². The second-order valence-electron chi connectivity index (χ2n) is 6.91. The molecule has 1 fully saturated rings. The Bertz CT molecular complexity index is 953. The summed E-state index contributed by atoms with van der Waals surface area (Å²) >= 11 is 0. The Morgan fingerprint density at radius 3 is 2.82 bits per heavy atom. The molecule has 1 aromatic heterocycles. The number of methoxy groups -OCH3 is 1. The topological polar surface area (TPSA) is 109 Å². The van der Waals surface area contributed by atoms with Crippen molar-refractivity contribution in [3.8, 4) is 0 Å². The molecule has 0 radical (unpaired) electrons. The molecular weight excluding hydrogens is 382 g/mol. The zero-order valence-corrected chi connectivity index (χ0v) is 16.6. The Morgan fingerprint density at radius 1 is 1.32 bits per heavy atom. The van der Waals surface area contributed by atoms with Crippen LogP contribution in [0.1, 0.15) is 12.0 Å². The van der Waals surface area contributed by atoms with E-state index in [0.29, 0.717) is 19.4 Å². The number of ether oxygens (including phenoxy) is 1. The highest BCUT2D eigenvalue weighted by Crippen LogP contribution is 2.19. The fourth-order valence-electron chi connectivity index (χ4n) is 3.52. The van der Waals surface area contributed by atoms with Gasteiger partial charge in [0.05, 0.1) is 18.1 Å². The van der Waals surface area contributed by atoms with Crippen molar-refractivity contribution in [2.45, 2.75) is 18.9 Å². The molecule has 1 saturated heterocycles. The van der Waals surface area contributed by atoms with Gasteiger partial charge in [0.25, 0.3) is 0 Å². The maximum Gasteiger partial charge on any atom is 0.312 e. The quantitative estimate of drug-likeness (QED) is 0.650. The highest BCUT2D eigenvalue weighted by molar-refractivity contribution is 7.91. The molecule has 3 rings (SSSR count). The first-order valence-electron chi connectivity index (χ1n) is 9.24. The maximum atomic E-state index is 12.6. The third kappa shape index (κ3) is 4.71. The van der Waals surface area contributed by atoms with Crippen LogP contribution in [0.3, 0.4) is 0 Å². The Morgan fingerprint density at radius 2 is 2.11 bits per heavy atom. The molecule has 0 saturated carbocycles. The van der Waals surface area contributed by atoms with Crippen molar-refractivity contribution in [3.63, 3.8) is 0 Å². The molecule has 28 heavy (non-hydrogen) atoms. The molecule has 2 N–H and O–H groups in total. The normalized spacial score (nSPS) is 18.2. The highest BCUT2D eigenvalue weighted by atomic mass is 32.2. The zero-order valence-electron chi connectivity index (χ0n) is 15.8. The number of nitrogens with one attached hydrogen (secondary N) is 2. The summed E-state index contributed by atoms with van der Waals surface area (Å²) < 4.78 is 28.5. The molecule has 0 bridgehead atoms. The first-order valence-corrected chi connectivity index (χ1v) is 11.1. The lowest BCUT2D eigenvalue weighted by Crippen LogP contribution is -2.50. The van der Waals surface area contributed by atoms with Crippen molar-refractivity contribution < 1.29 is 22.7 Å². The van der Waals surface area contributed by atoms with Gasteiger partial charge in [-0.05, 0) is 24.5 Å². The number of carbonyl (C=O) groups is 2. The summed E-state index contributed by atoms with van der Waals surface area (Å²) in [5, 5.41) is 3.74. The molecule has 1 atom stereocenters. The lowest BCUT2D eigenvalue weighted by Gasteiger charge is -2.27. The predicted molar refractivity (Wildman–Crippen MR) is 106 cm³/mol. The lowest BCUT2D eigenvalue weighted by atomic mass is 10.1. The van der Waals surface area contributed by atoms with Crippen LogP contribution in [0.5, 0.6) is 0 Å². The summed E-state index contributed by atoms with van der Waals surface area (Å²) in [7, 11) is -1.67. The number of H-pyrrole nitrogens is 1. The van der Waals surface area contributed by atoms with Crippen LogP contribution in [0.25, 0.3) is 10.9 Å². The van der Waals surface area contributed by atoms with E-state index in [-0.39, 0.29) is 24.7 Å². The number of rotatable bonds is 7. The molecule has 0 aliphatic carbocycles. The maximum absolute atomic E-state index is 12.6. The second-order valence-corrected chi connectivity index (χ2v) is 9.14. The largest absolute Gasteiger partial charge is 0.383 e. The molecule has 0 spiro atoms. The molecule has 9 heteroatoms. The highest BCUT2D eigenvalue weighted by Gasteiger charge is 2.36. The molecule has 1 aromatic carbocycles. The monoisotopic (exact) mass is 407 g/mol. The van der Waals surface area contributed by atoms with Crippen LogP contribution < -0.4 is 5.32 Å². The van der Waals surface area contributed by atoms with E-state index in [2.05, 4.69) is 10.3 Å². The molecular formula is C19H25N3O5S. The third-order valence-corrected chi connectivity index (χ3v) is 6.75. The van der Waals surface area contributed by atoms with Crippen molar-refractivity contribution in [3.05, 3.63) is 36.0 Å². The minimum atomic E-state index is -3.16. The van der Waals surface area contributed by atoms with E-state index in [1.54, 1.807) is 0 Å². The van der Waals surface area contributed by atoms with Gasteiger partial charge in [-0.1, -0.05) is 18.2 Å². The van der Waals surface area contributed by atoms with Gasteiger partial charge in [0.15, 0.2) is 9.84 Å². The molecule has 1 aliphatic heterocycles. The molecule has 1 aliphatic rings. The number of hydrogen-bond acceptors (Lipinski definition) is 5. The number of sulfone groups is 1. The average molecular weight is 407 g/mol. The van der Waals surface area contributed by atoms with Crippen LogP contribution in [0.15, 0.2) is 30.5 Å². The number of nitrogens with zero attached hydrogens (tertiary/aromatic N) is 1. The van der Waals surface area contributed by atoms with E-state index < -0.39 is 27.7 Å². The van der Waals surface area contributed by atoms with Crippen LogP contribution in [0.4, 0.5) is 0 Å². The first-order chi connectivity index (χ1) is 13.4. The zero-order chi connectivity index (χ0) is 20.1. The number of aromatic amines is 1. The number of fused-ring (bicyclic) bond motifs is 1. The lowest BCUT2D eigenvalue weighted by molar-refractivity contribution is -0.147. The van der Waals surface area contributed by atoms with Crippen molar-refractivity contribution in [2.75, 3.05) is 38.3 Å². The van der Waals surface area contributed by atoms with E-state index in [9.17, 15) is 18.0 Å². The number of aromatic nitrogens is 1. The van der Waals surface area contributed by atoms with E-state index in [0.717, 1.165) is 16.5 Å². The summed E-state index contributed by atoms with van der Waals surface area (Å²) in [4.78, 5) is 29.5.